The largest absolute Gasteiger partial charge is 0.463 e. The number of rotatable bonds is 4. The van der Waals surface area contributed by atoms with E-state index in [-0.39, 0.29) is 12.6 Å². The van der Waals surface area contributed by atoms with E-state index < -0.39 is 0 Å². The van der Waals surface area contributed by atoms with Crippen LogP contribution in [0.3, 0.4) is 0 Å². The van der Waals surface area contributed by atoms with E-state index in [1.807, 2.05) is 0 Å². The van der Waals surface area contributed by atoms with E-state index in [1.54, 1.807) is 26.0 Å². The van der Waals surface area contributed by atoms with Crippen molar-refractivity contribution < 1.29 is 14.6 Å². The Balaban J connectivity index is 3.97. The Kier molecular flexibility index (Phi) is 6.01. The molecule has 0 radical (unpaired) electrons. The van der Waals surface area contributed by atoms with Gasteiger partial charge in [-0.05, 0) is 19.4 Å². The van der Waals surface area contributed by atoms with Crippen LogP contribution in [-0.4, -0.2) is 24.3 Å². The molecule has 0 amide bonds. The van der Waals surface area contributed by atoms with Gasteiger partial charge in [-0.1, -0.05) is 12.2 Å². The normalized spacial score (nSPS) is 12.1. The summed E-state index contributed by atoms with van der Waals surface area (Å²) >= 11 is 0. The number of hydrogen-bond acceptors (Lipinski definition) is 3. The lowest BCUT2D eigenvalue weighted by molar-refractivity contribution is -0.137. The molecule has 68 valence electrons. The maximum Gasteiger partial charge on any atom is 0.330 e. The van der Waals surface area contributed by atoms with Gasteiger partial charge in [0.1, 0.15) is 0 Å². The van der Waals surface area contributed by atoms with Crippen molar-refractivity contribution in [2.45, 2.75) is 13.8 Å². The van der Waals surface area contributed by atoms with Crippen molar-refractivity contribution in [1.82, 2.24) is 0 Å². The van der Waals surface area contributed by atoms with Gasteiger partial charge in [0.25, 0.3) is 0 Å². The molecule has 0 aromatic rings. The first kappa shape index (κ1) is 10.9. The van der Waals surface area contributed by atoms with E-state index in [1.165, 1.54) is 6.08 Å². The second kappa shape index (κ2) is 6.61. The zero-order valence-corrected chi connectivity index (χ0v) is 7.41. The average molecular weight is 170 g/mol. The Bertz CT molecular complexity index is 192. The number of aliphatic hydroxyl groups is 1. The number of carbonyl (C=O) groups is 1. The molecule has 0 saturated carbocycles. The topological polar surface area (TPSA) is 46.5 Å². The third-order valence-electron chi connectivity index (χ3n) is 1.12. The molecular weight excluding hydrogens is 156 g/mol. The van der Waals surface area contributed by atoms with Gasteiger partial charge >= 0.3 is 5.97 Å². The summed E-state index contributed by atoms with van der Waals surface area (Å²) in [5, 5.41) is 8.42. The Hall–Kier alpha value is -1.09. The highest BCUT2D eigenvalue weighted by atomic mass is 16.5. The highest BCUT2D eigenvalue weighted by molar-refractivity contribution is 5.83. The van der Waals surface area contributed by atoms with E-state index in [4.69, 9.17) is 5.11 Å². The van der Waals surface area contributed by atoms with Crippen molar-refractivity contribution in [3.05, 3.63) is 23.8 Å². The fourth-order valence-electron chi connectivity index (χ4n) is 0.657. The predicted octanol–water partition coefficient (Wildman–Crippen LogP) is 1.04. The maximum atomic E-state index is 10.8. The second-order valence-electron chi connectivity index (χ2n) is 2.23. The Morgan fingerprint density at radius 2 is 2.25 bits per heavy atom. The summed E-state index contributed by atoms with van der Waals surface area (Å²) in [5.74, 6) is -0.349. The highest BCUT2D eigenvalue weighted by Crippen LogP contribution is 1.95. The zero-order valence-electron chi connectivity index (χ0n) is 7.41. The molecule has 3 heteroatoms. The minimum absolute atomic E-state index is 0.0198. The van der Waals surface area contributed by atoms with Gasteiger partial charge < -0.3 is 9.84 Å². The van der Waals surface area contributed by atoms with E-state index in [0.29, 0.717) is 6.61 Å². The molecule has 12 heavy (non-hydrogen) atoms. The summed E-state index contributed by atoms with van der Waals surface area (Å²) in [6.45, 7) is 3.88. The quantitative estimate of drug-likeness (QED) is 0.389. The molecule has 0 aromatic carbocycles. The SMILES string of the molecule is CCOC(=O)/C=C(C)\C=C\CO. The molecule has 0 rings (SSSR count). The molecule has 3 nitrogen and oxygen atoms in total. The predicted molar refractivity (Wildman–Crippen MR) is 46.6 cm³/mol. The summed E-state index contributed by atoms with van der Waals surface area (Å²) in [6.07, 6.45) is 4.61. The summed E-state index contributed by atoms with van der Waals surface area (Å²) in [7, 11) is 0. The number of esters is 1. The van der Waals surface area contributed by atoms with E-state index >= 15 is 0 Å². The molecule has 0 aliphatic rings. The van der Waals surface area contributed by atoms with E-state index in [2.05, 4.69) is 4.74 Å². The van der Waals surface area contributed by atoms with Crippen LogP contribution in [0.25, 0.3) is 0 Å². The third kappa shape index (κ3) is 5.68. The van der Waals surface area contributed by atoms with Crippen LogP contribution in [0.5, 0.6) is 0 Å². The van der Waals surface area contributed by atoms with Gasteiger partial charge in [0.2, 0.25) is 0 Å². The first-order chi connectivity index (χ1) is 5.70. The van der Waals surface area contributed by atoms with E-state index in [9.17, 15) is 4.79 Å². The number of aliphatic hydroxyl groups excluding tert-OH is 1. The monoisotopic (exact) mass is 170 g/mol. The lowest BCUT2D eigenvalue weighted by Crippen LogP contribution is -1.99. The van der Waals surface area contributed by atoms with Gasteiger partial charge in [0.15, 0.2) is 0 Å². The molecule has 0 saturated heterocycles. The van der Waals surface area contributed by atoms with Gasteiger partial charge in [-0.15, -0.1) is 0 Å². The Morgan fingerprint density at radius 1 is 1.58 bits per heavy atom. The molecule has 0 heterocycles. The third-order valence-corrected chi connectivity index (χ3v) is 1.12. The van der Waals surface area contributed by atoms with Crippen molar-refractivity contribution in [3.63, 3.8) is 0 Å². The van der Waals surface area contributed by atoms with E-state index in [0.717, 1.165) is 5.57 Å². The Morgan fingerprint density at radius 3 is 2.75 bits per heavy atom. The zero-order chi connectivity index (χ0) is 9.40. The molecule has 0 aromatic heterocycles. The van der Waals surface area contributed by atoms with Crippen molar-refractivity contribution in [2.24, 2.45) is 0 Å². The molecule has 1 N–H and O–H groups in total. The van der Waals surface area contributed by atoms with Crippen LogP contribution in [0.1, 0.15) is 13.8 Å². The standard InChI is InChI=1S/C9H14O3/c1-3-12-9(11)7-8(2)5-4-6-10/h4-5,7,10H,3,6H2,1-2H3/b5-4+,8-7-. The minimum atomic E-state index is -0.349. The van der Waals surface area contributed by atoms with Crippen LogP contribution in [0, 0.1) is 0 Å². The molecule has 0 fully saturated rings. The van der Waals surface area contributed by atoms with Crippen molar-refractivity contribution >= 4 is 5.97 Å². The summed E-state index contributed by atoms with van der Waals surface area (Å²) < 4.78 is 4.68. The Labute approximate surface area is 72.3 Å². The van der Waals surface area contributed by atoms with Crippen molar-refractivity contribution in [2.75, 3.05) is 13.2 Å². The van der Waals surface area contributed by atoms with Gasteiger partial charge in [-0.2, -0.15) is 0 Å². The fraction of sp³-hybridized carbons (Fsp3) is 0.444. The van der Waals surface area contributed by atoms with Crippen LogP contribution in [-0.2, 0) is 9.53 Å². The molecular formula is C9H14O3. The average Bonchev–Trinajstić information content (AvgIpc) is 2.01. The van der Waals surface area contributed by atoms with Crippen LogP contribution in [0.15, 0.2) is 23.8 Å². The van der Waals surface area contributed by atoms with Gasteiger partial charge in [0.05, 0.1) is 13.2 Å². The van der Waals surface area contributed by atoms with Crippen LogP contribution in [0.2, 0.25) is 0 Å². The molecule has 0 aliphatic heterocycles. The molecule has 0 bridgehead atoms. The smallest absolute Gasteiger partial charge is 0.330 e. The summed E-state index contributed by atoms with van der Waals surface area (Å²) in [6, 6.07) is 0. The number of hydrogen-bond donors (Lipinski definition) is 1. The maximum absolute atomic E-state index is 10.8. The van der Waals surface area contributed by atoms with Gasteiger partial charge in [0, 0.05) is 6.08 Å². The second-order valence-corrected chi connectivity index (χ2v) is 2.23. The first-order valence-electron chi connectivity index (χ1n) is 3.83. The molecule has 0 aliphatic carbocycles. The first-order valence-corrected chi connectivity index (χ1v) is 3.83. The van der Waals surface area contributed by atoms with Crippen molar-refractivity contribution in [1.29, 1.82) is 0 Å². The van der Waals surface area contributed by atoms with Gasteiger partial charge in [-0.25, -0.2) is 4.79 Å². The lowest BCUT2D eigenvalue weighted by atomic mass is 10.2. The fourth-order valence-corrected chi connectivity index (χ4v) is 0.657. The number of carbonyl (C=O) groups excluding carboxylic acids is 1. The highest BCUT2D eigenvalue weighted by Gasteiger charge is 1.94. The molecule has 0 unspecified atom stereocenters. The number of ether oxygens (including phenoxy) is 1. The minimum Gasteiger partial charge on any atom is -0.463 e. The molecule has 0 atom stereocenters. The van der Waals surface area contributed by atoms with Crippen LogP contribution >= 0.6 is 0 Å². The summed E-state index contributed by atoms with van der Waals surface area (Å²) in [4.78, 5) is 10.8. The van der Waals surface area contributed by atoms with Gasteiger partial charge in [-0.3, -0.25) is 0 Å². The summed E-state index contributed by atoms with van der Waals surface area (Å²) in [5.41, 5.74) is 0.766. The van der Waals surface area contributed by atoms with Crippen molar-refractivity contribution in [3.8, 4) is 0 Å². The number of allylic oxidation sites excluding steroid dienone is 2. The molecule has 0 spiro atoms. The van der Waals surface area contributed by atoms with Crippen LogP contribution in [0.4, 0.5) is 0 Å². The van der Waals surface area contributed by atoms with Crippen LogP contribution < -0.4 is 0 Å². The lowest BCUT2D eigenvalue weighted by Gasteiger charge is -1.95.